The molecule has 0 heterocycles. The van der Waals surface area contributed by atoms with Crippen molar-refractivity contribution in [2.45, 2.75) is 20.3 Å². The highest BCUT2D eigenvalue weighted by molar-refractivity contribution is 5.93. The molecule has 1 rings (SSSR count). The predicted molar refractivity (Wildman–Crippen MR) is 72.1 cm³/mol. The Hall–Kier alpha value is -1.88. The number of rotatable bonds is 7. The fourth-order valence-electron chi connectivity index (χ4n) is 1.41. The van der Waals surface area contributed by atoms with Crippen molar-refractivity contribution >= 4 is 17.6 Å². The Bertz CT molecular complexity index is 414. The van der Waals surface area contributed by atoms with Crippen molar-refractivity contribution in [1.82, 2.24) is 0 Å². The summed E-state index contributed by atoms with van der Waals surface area (Å²) in [6, 6.07) is 6.54. The summed E-state index contributed by atoms with van der Waals surface area (Å²) in [5, 5.41) is 2.68. The zero-order chi connectivity index (χ0) is 14.1. The Kier molecular flexibility index (Phi) is 6.60. The number of esters is 1. The molecule has 0 aromatic heterocycles. The van der Waals surface area contributed by atoms with Crippen molar-refractivity contribution in [2.24, 2.45) is 0 Å². The van der Waals surface area contributed by atoms with E-state index in [4.69, 9.17) is 9.47 Å². The number of amides is 1. The summed E-state index contributed by atoms with van der Waals surface area (Å²) in [5.74, 6) is -0.580. The van der Waals surface area contributed by atoms with Gasteiger partial charge in [0.15, 0.2) is 0 Å². The lowest BCUT2D eigenvalue weighted by Crippen LogP contribution is -2.18. The molecule has 0 unspecified atom stereocenters. The summed E-state index contributed by atoms with van der Waals surface area (Å²) >= 11 is 0. The van der Waals surface area contributed by atoms with E-state index in [1.165, 1.54) is 0 Å². The zero-order valence-electron chi connectivity index (χ0n) is 11.3. The summed E-state index contributed by atoms with van der Waals surface area (Å²) in [6.07, 6.45) is 0.877. The lowest BCUT2D eigenvalue weighted by atomic mass is 10.2. The van der Waals surface area contributed by atoms with E-state index in [0.717, 1.165) is 6.42 Å². The molecule has 5 heteroatoms. The Balaban J connectivity index is 2.47. The van der Waals surface area contributed by atoms with Gasteiger partial charge < -0.3 is 14.8 Å². The standard InChI is InChI=1S/C14H19NO4/c1-3-9-18-10-13(16)15-12-7-5-11(6-8-12)14(17)19-4-2/h5-8H,3-4,9-10H2,1-2H3,(H,15,16). The van der Waals surface area contributed by atoms with Crippen molar-refractivity contribution < 1.29 is 19.1 Å². The minimum atomic E-state index is -0.369. The summed E-state index contributed by atoms with van der Waals surface area (Å²) in [6.45, 7) is 4.67. The molecule has 0 aliphatic rings. The molecular formula is C14H19NO4. The summed E-state index contributed by atoms with van der Waals surface area (Å²) in [7, 11) is 0. The van der Waals surface area contributed by atoms with Crippen LogP contribution in [0.2, 0.25) is 0 Å². The molecule has 0 fully saturated rings. The second kappa shape index (κ2) is 8.26. The number of benzene rings is 1. The van der Waals surface area contributed by atoms with Crippen molar-refractivity contribution in [1.29, 1.82) is 0 Å². The third-order valence-corrected chi connectivity index (χ3v) is 2.26. The molecule has 1 aromatic carbocycles. The molecule has 104 valence electrons. The topological polar surface area (TPSA) is 64.6 Å². The van der Waals surface area contributed by atoms with Gasteiger partial charge in [-0.05, 0) is 37.6 Å². The van der Waals surface area contributed by atoms with Gasteiger partial charge in [-0.15, -0.1) is 0 Å². The van der Waals surface area contributed by atoms with E-state index in [9.17, 15) is 9.59 Å². The molecule has 1 N–H and O–H groups in total. The molecule has 0 atom stereocenters. The SMILES string of the molecule is CCCOCC(=O)Nc1ccc(C(=O)OCC)cc1. The lowest BCUT2D eigenvalue weighted by Gasteiger charge is -2.06. The first-order chi connectivity index (χ1) is 9.17. The smallest absolute Gasteiger partial charge is 0.338 e. The van der Waals surface area contributed by atoms with Crippen LogP contribution < -0.4 is 5.32 Å². The van der Waals surface area contributed by atoms with Crippen LogP contribution in [0.3, 0.4) is 0 Å². The molecule has 0 spiro atoms. The molecule has 19 heavy (non-hydrogen) atoms. The van der Waals surface area contributed by atoms with Crippen LogP contribution in [0.25, 0.3) is 0 Å². The molecule has 0 bridgehead atoms. The Morgan fingerprint density at radius 1 is 1.16 bits per heavy atom. The van der Waals surface area contributed by atoms with Gasteiger partial charge in [0, 0.05) is 12.3 Å². The van der Waals surface area contributed by atoms with Gasteiger partial charge in [-0.3, -0.25) is 4.79 Å². The number of hydrogen-bond donors (Lipinski definition) is 1. The summed E-state index contributed by atoms with van der Waals surface area (Å²) in [5.41, 5.74) is 1.08. The molecule has 0 radical (unpaired) electrons. The van der Waals surface area contributed by atoms with Crippen LogP contribution in [0.5, 0.6) is 0 Å². The number of carbonyl (C=O) groups excluding carboxylic acids is 2. The molecular weight excluding hydrogens is 246 g/mol. The third kappa shape index (κ3) is 5.52. The van der Waals surface area contributed by atoms with E-state index < -0.39 is 0 Å². The number of ether oxygens (including phenoxy) is 2. The maximum Gasteiger partial charge on any atom is 0.338 e. The molecule has 1 aromatic rings. The Labute approximate surface area is 112 Å². The second-order valence-electron chi connectivity index (χ2n) is 3.90. The summed E-state index contributed by atoms with van der Waals surface area (Å²) in [4.78, 5) is 22.9. The van der Waals surface area contributed by atoms with E-state index in [1.54, 1.807) is 31.2 Å². The van der Waals surface area contributed by atoms with Gasteiger partial charge in [0.05, 0.1) is 12.2 Å². The highest BCUT2D eigenvalue weighted by Crippen LogP contribution is 2.10. The number of carbonyl (C=O) groups is 2. The van der Waals surface area contributed by atoms with Gasteiger partial charge in [0.2, 0.25) is 5.91 Å². The first kappa shape index (κ1) is 15.2. The van der Waals surface area contributed by atoms with Crippen LogP contribution in [-0.2, 0) is 14.3 Å². The fraction of sp³-hybridized carbons (Fsp3) is 0.429. The van der Waals surface area contributed by atoms with Crippen LogP contribution in [0.4, 0.5) is 5.69 Å². The molecule has 0 aliphatic carbocycles. The van der Waals surface area contributed by atoms with Crippen LogP contribution >= 0.6 is 0 Å². The van der Waals surface area contributed by atoms with Gasteiger partial charge in [-0.1, -0.05) is 6.92 Å². The fourth-order valence-corrected chi connectivity index (χ4v) is 1.41. The molecule has 1 amide bonds. The number of nitrogens with one attached hydrogen (secondary N) is 1. The highest BCUT2D eigenvalue weighted by atomic mass is 16.5. The molecule has 0 saturated carbocycles. The first-order valence-corrected chi connectivity index (χ1v) is 6.32. The summed E-state index contributed by atoms with van der Waals surface area (Å²) < 4.78 is 9.99. The molecule has 0 saturated heterocycles. The van der Waals surface area contributed by atoms with Crippen molar-refractivity contribution in [2.75, 3.05) is 25.1 Å². The number of hydrogen-bond acceptors (Lipinski definition) is 4. The van der Waals surface area contributed by atoms with Crippen molar-refractivity contribution in [3.05, 3.63) is 29.8 Å². The largest absolute Gasteiger partial charge is 0.462 e. The van der Waals surface area contributed by atoms with E-state index in [2.05, 4.69) is 5.32 Å². The molecule has 5 nitrogen and oxygen atoms in total. The minimum Gasteiger partial charge on any atom is -0.462 e. The van der Waals surface area contributed by atoms with Gasteiger partial charge in [-0.2, -0.15) is 0 Å². The Morgan fingerprint density at radius 2 is 1.84 bits per heavy atom. The number of anilines is 1. The van der Waals surface area contributed by atoms with E-state index in [-0.39, 0.29) is 18.5 Å². The first-order valence-electron chi connectivity index (χ1n) is 6.32. The quantitative estimate of drug-likeness (QED) is 0.606. The predicted octanol–water partition coefficient (Wildman–Crippen LogP) is 2.23. The maximum absolute atomic E-state index is 11.5. The van der Waals surface area contributed by atoms with Gasteiger partial charge in [0.25, 0.3) is 0 Å². The van der Waals surface area contributed by atoms with Crippen LogP contribution in [-0.4, -0.2) is 31.7 Å². The van der Waals surface area contributed by atoms with Crippen LogP contribution in [0.15, 0.2) is 24.3 Å². The normalized spacial score (nSPS) is 10.0. The van der Waals surface area contributed by atoms with Crippen LogP contribution in [0, 0.1) is 0 Å². The second-order valence-corrected chi connectivity index (χ2v) is 3.90. The van der Waals surface area contributed by atoms with Gasteiger partial charge in [-0.25, -0.2) is 4.79 Å². The maximum atomic E-state index is 11.5. The zero-order valence-corrected chi connectivity index (χ0v) is 11.3. The molecule has 0 aliphatic heterocycles. The van der Waals surface area contributed by atoms with E-state index in [0.29, 0.717) is 24.5 Å². The van der Waals surface area contributed by atoms with Crippen molar-refractivity contribution in [3.63, 3.8) is 0 Å². The lowest BCUT2D eigenvalue weighted by molar-refractivity contribution is -0.120. The average molecular weight is 265 g/mol. The van der Waals surface area contributed by atoms with Crippen LogP contribution in [0.1, 0.15) is 30.6 Å². The van der Waals surface area contributed by atoms with E-state index in [1.807, 2.05) is 6.92 Å². The van der Waals surface area contributed by atoms with Crippen molar-refractivity contribution in [3.8, 4) is 0 Å². The third-order valence-electron chi connectivity index (χ3n) is 2.26. The Morgan fingerprint density at radius 3 is 2.42 bits per heavy atom. The highest BCUT2D eigenvalue weighted by Gasteiger charge is 2.07. The van der Waals surface area contributed by atoms with Gasteiger partial charge >= 0.3 is 5.97 Å². The minimum absolute atomic E-state index is 0.0352. The van der Waals surface area contributed by atoms with Gasteiger partial charge in [0.1, 0.15) is 6.61 Å². The average Bonchev–Trinajstić information content (AvgIpc) is 2.40. The monoisotopic (exact) mass is 265 g/mol. The van der Waals surface area contributed by atoms with E-state index >= 15 is 0 Å².